The number of ether oxygens (including phenoxy) is 3. The van der Waals surface area contributed by atoms with Crippen LogP contribution in [0.25, 0.3) is 0 Å². The summed E-state index contributed by atoms with van der Waals surface area (Å²) < 4.78 is 16.2. The van der Waals surface area contributed by atoms with Crippen LogP contribution in [0.5, 0.6) is 17.2 Å². The van der Waals surface area contributed by atoms with Gasteiger partial charge in [0.15, 0.2) is 11.5 Å². The third-order valence-corrected chi connectivity index (χ3v) is 3.89. The minimum Gasteiger partial charge on any atom is -0.492 e. The normalized spacial score (nSPS) is 12.1. The fourth-order valence-electron chi connectivity index (χ4n) is 2.55. The molecule has 0 fully saturated rings. The molecule has 0 unspecified atom stereocenters. The molecule has 2 aromatic carbocycles. The number of carbonyl (C=O) groups excluding carboxylic acids is 1. The predicted molar refractivity (Wildman–Crippen MR) is 90.7 cm³/mol. The van der Waals surface area contributed by atoms with Crippen molar-refractivity contribution in [1.29, 1.82) is 0 Å². The molecule has 126 valence electrons. The van der Waals surface area contributed by atoms with Gasteiger partial charge in [-0.25, -0.2) is 0 Å². The van der Waals surface area contributed by atoms with Gasteiger partial charge in [0.1, 0.15) is 12.4 Å². The highest BCUT2D eigenvalue weighted by molar-refractivity contribution is 5.78. The van der Waals surface area contributed by atoms with Crippen LogP contribution in [0.2, 0.25) is 0 Å². The van der Waals surface area contributed by atoms with Crippen LogP contribution < -0.4 is 19.5 Å². The quantitative estimate of drug-likeness (QED) is 0.829. The molecule has 5 nitrogen and oxygen atoms in total. The van der Waals surface area contributed by atoms with Crippen LogP contribution in [0.4, 0.5) is 0 Å². The molecule has 0 saturated carbocycles. The Kier molecular flexibility index (Phi) is 4.89. The Labute approximate surface area is 141 Å². The standard InChI is InChI=1S/C19H21NO4/c1-13-3-4-14(2)15(9-13)10-19(21)20-7-8-22-16-5-6-17-18(11-16)24-12-23-17/h3-6,9,11H,7-8,10,12H2,1-2H3,(H,20,21). The molecule has 0 atom stereocenters. The number of nitrogens with one attached hydrogen (secondary N) is 1. The Bertz CT molecular complexity index is 742. The van der Waals surface area contributed by atoms with E-state index < -0.39 is 0 Å². The van der Waals surface area contributed by atoms with Gasteiger partial charge in [0.25, 0.3) is 0 Å². The summed E-state index contributed by atoms with van der Waals surface area (Å²) in [4.78, 5) is 12.0. The van der Waals surface area contributed by atoms with Gasteiger partial charge in [0.2, 0.25) is 12.7 Å². The topological polar surface area (TPSA) is 56.8 Å². The third kappa shape index (κ3) is 3.98. The van der Waals surface area contributed by atoms with Gasteiger partial charge in [-0.2, -0.15) is 0 Å². The summed E-state index contributed by atoms with van der Waals surface area (Å²) in [5.41, 5.74) is 3.35. The highest BCUT2D eigenvalue weighted by Gasteiger charge is 2.13. The zero-order chi connectivity index (χ0) is 16.9. The smallest absolute Gasteiger partial charge is 0.231 e. The van der Waals surface area contributed by atoms with E-state index in [1.54, 1.807) is 6.07 Å². The van der Waals surface area contributed by atoms with Gasteiger partial charge in [0, 0.05) is 6.07 Å². The SMILES string of the molecule is Cc1ccc(C)c(CC(=O)NCCOc2ccc3c(c2)OCO3)c1. The number of aryl methyl sites for hydroxylation is 2. The van der Waals surface area contributed by atoms with Crippen molar-refractivity contribution >= 4 is 5.91 Å². The van der Waals surface area contributed by atoms with E-state index in [0.717, 1.165) is 22.4 Å². The fourth-order valence-corrected chi connectivity index (χ4v) is 2.55. The maximum absolute atomic E-state index is 12.0. The molecule has 0 saturated heterocycles. The highest BCUT2D eigenvalue weighted by atomic mass is 16.7. The van der Waals surface area contributed by atoms with Gasteiger partial charge in [-0.3, -0.25) is 4.79 Å². The molecule has 3 rings (SSSR count). The van der Waals surface area contributed by atoms with Crippen LogP contribution in [-0.2, 0) is 11.2 Å². The lowest BCUT2D eigenvalue weighted by Crippen LogP contribution is -2.29. The lowest BCUT2D eigenvalue weighted by molar-refractivity contribution is -0.120. The van der Waals surface area contributed by atoms with E-state index in [1.807, 2.05) is 32.0 Å². The molecule has 5 heteroatoms. The monoisotopic (exact) mass is 327 g/mol. The molecule has 24 heavy (non-hydrogen) atoms. The van der Waals surface area contributed by atoms with Gasteiger partial charge in [-0.1, -0.05) is 23.8 Å². The van der Waals surface area contributed by atoms with Gasteiger partial charge in [0.05, 0.1) is 13.0 Å². The molecule has 1 amide bonds. The lowest BCUT2D eigenvalue weighted by atomic mass is 10.0. The van der Waals surface area contributed by atoms with Crippen molar-refractivity contribution in [1.82, 2.24) is 5.32 Å². The van der Waals surface area contributed by atoms with Gasteiger partial charge >= 0.3 is 0 Å². The van der Waals surface area contributed by atoms with Crippen LogP contribution >= 0.6 is 0 Å². The van der Waals surface area contributed by atoms with Crippen LogP contribution in [0, 0.1) is 13.8 Å². The average molecular weight is 327 g/mol. The van der Waals surface area contributed by atoms with Crippen LogP contribution in [0.15, 0.2) is 36.4 Å². The minimum atomic E-state index is -0.00186. The highest BCUT2D eigenvalue weighted by Crippen LogP contribution is 2.34. The number of hydrogen-bond acceptors (Lipinski definition) is 4. The molecule has 0 bridgehead atoms. The summed E-state index contributed by atoms with van der Waals surface area (Å²) in [6.07, 6.45) is 0.386. The maximum Gasteiger partial charge on any atom is 0.231 e. The Morgan fingerprint density at radius 2 is 1.96 bits per heavy atom. The molecule has 1 heterocycles. The Morgan fingerprint density at radius 1 is 1.12 bits per heavy atom. The lowest BCUT2D eigenvalue weighted by Gasteiger charge is -2.10. The zero-order valence-electron chi connectivity index (χ0n) is 13.9. The third-order valence-electron chi connectivity index (χ3n) is 3.89. The Balaban J connectivity index is 1.43. The predicted octanol–water partition coefficient (Wildman–Crippen LogP) is 2.77. The van der Waals surface area contributed by atoms with E-state index in [1.165, 1.54) is 0 Å². The summed E-state index contributed by atoms with van der Waals surface area (Å²) in [6, 6.07) is 11.6. The first-order valence-electron chi connectivity index (χ1n) is 7.97. The molecule has 1 aliphatic rings. The molecule has 1 aliphatic heterocycles. The van der Waals surface area contributed by atoms with Gasteiger partial charge in [-0.15, -0.1) is 0 Å². The van der Waals surface area contributed by atoms with E-state index in [-0.39, 0.29) is 12.7 Å². The van der Waals surface area contributed by atoms with E-state index >= 15 is 0 Å². The molecule has 0 aliphatic carbocycles. The summed E-state index contributed by atoms with van der Waals surface area (Å²) in [5.74, 6) is 2.11. The van der Waals surface area contributed by atoms with Crippen molar-refractivity contribution in [3.8, 4) is 17.2 Å². The number of fused-ring (bicyclic) bond motifs is 1. The maximum atomic E-state index is 12.0. The van der Waals surface area contributed by atoms with Crippen LogP contribution in [0.1, 0.15) is 16.7 Å². The average Bonchev–Trinajstić information content (AvgIpc) is 3.03. The summed E-state index contributed by atoms with van der Waals surface area (Å²) in [7, 11) is 0. The second-order valence-electron chi connectivity index (χ2n) is 5.82. The van der Waals surface area contributed by atoms with Crippen molar-refractivity contribution in [2.45, 2.75) is 20.3 Å². The number of amides is 1. The minimum absolute atomic E-state index is 0.00186. The molecular weight excluding hydrogens is 306 g/mol. The van der Waals surface area contributed by atoms with Crippen molar-refractivity contribution in [3.05, 3.63) is 53.1 Å². The Morgan fingerprint density at radius 3 is 2.83 bits per heavy atom. The molecule has 0 aromatic heterocycles. The van der Waals surface area contributed by atoms with E-state index in [2.05, 4.69) is 17.4 Å². The van der Waals surface area contributed by atoms with Crippen LogP contribution in [0.3, 0.4) is 0 Å². The fraction of sp³-hybridized carbons (Fsp3) is 0.316. The Hall–Kier alpha value is -2.69. The van der Waals surface area contributed by atoms with Crippen molar-refractivity contribution in [3.63, 3.8) is 0 Å². The van der Waals surface area contributed by atoms with E-state index in [4.69, 9.17) is 14.2 Å². The number of carbonyl (C=O) groups is 1. The van der Waals surface area contributed by atoms with Crippen LogP contribution in [-0.4, -0.2) is 25.9 Å². The second-order valence-corrected chi connectivity index (χ2v) is 5.82. The molecule has 1 N–H and O–H groups in total. The van der Waals surface area contributed by atoms with Gasteiger partial charge < -0.3 is 19.5 Å². The molecule has 0 radical (unpaired) electrons. The second kappa shape index (κ2) is 7.25. The van der Waals surface area contributed by atoms with Crippen molar-refractivity contribution in [2.75, 3.05) is 19.9 Å². The summed E-state index contributed by atoms with van der Waals surface area (Å²) in [6.45, 7) is 5.15. The van der Waals surface area contributed by atoms with Crippen molar-refractivity contribution in [2.24, 2.45) is 0 Å². The first-order valence-corrected chi connectivity index (χ1v) is 7.97. The first kappa shape index (κ1) is 16.2. The number of hydrogen-bond donors (Lipinski definition) is 1. The summed E-state index contributed by atoms with van der Waals surface area (Å²) >= 11 is 0. The van der Waals surface area contributed by atoms with E-state index in [9.17, 15) is 4.79 Å². The summed E-state index contributed by atoms with van der Waals surface area (Å²) in [5, 5.41) is 2.88. The van der Waals surface area contributed by atoms with Crippen molar-refractivity contribution < 1.29 is 19.0 Å². The zero-order valence-corrected chi connectivity index (χ0v) is 13.9. The number of benzene rings is 2. The molecular formula is C19H21NO4. The van der Waals surface area contributed by atoms with Gasteiger partial charge in [-0.05, 0) is 37.1 Å². The van der Waals surface area contributed by atoms with E-state index in [0.29, 0.717) is 31.1 Å². The molecule has 2 aromatic rings. The largest absolute Gasteiger partial charge is 0.492 e. The number of rotatable bonds is 6. The first-order chi connectivity index (χ1) is 11.6. The molecule has 0 spiro atoms.